The maximum absolute atomic E-state index is 12.3. The largest absolute Gasteiger partial charge is 0.459 e. The van der Waals surface area contributed by atoms with Gasteiger partial charge in [-0.05, 0) is 18.6 Å². The average molecular weight is 400 g/mol. The van der Waals surface area contributed by atoms with Gasteiger partial charge in [0, 0.05) is 52.9 Å². The Hall–Kier alpha value is -2.07. The molecular formula is C17H29N5O4S. The molecule has 0 radical (unpaired) electrons. The maximum Gasteiger partial charge on any atom is 0.289 e. The van der Waals surface area contributed by atoms with Gasteiger partial charge in [0.2, 0.25) is 10.0 Å². The lowest BCUT2D eigenvalue weighted by Gasteiger charge is -2.36. The Morgan fingerprint density at radius 2 is 1.96 bits per heavy atom. The Morgan fingerprint density at radius 3 is 2.48 bits per heavy atom. The van der Waals surface area contributed by atoms with E-state index >= 15 is 0 Å². The molecule has 0 atom stereocenters. The van der Waals surface area contributed by atoms with Crippen LogP contribution in [0.4, 0.5) is 0 Å². The summed E-state index contributed by atoms with van der Waals surface area (Å²) in [5, 5.41) is 3.27. The molecular weight excluding hydrogens is 370 g/mol. The van der Waals surface area contributed by atoms with Gasteiger partial charge >= 0.3 is 0 Å². The minimum Gasteiger partial charge on any atom is -0.459 e. The number of piperazine rings is 1. The maximum atomic E-state index is 12.3. The smallest absolute Gasteiger partial charge is 0.289 e. The molecule has 1 aliphatic rings. The van der Waals surface area contributed by atoms with Crippen LogP contribution in [0, 0.1) is 0 Å². The summed E-state index contributed by atoms with van der Waals surface area (Å²) in [5.74, 6) is 1.03. The van der Waals surface area contributed by atoms with Gasteiger partial charge in [0.1, 0.15) is 0 Å². The van der Waals surface area contributed by atoms with Gasteiger partial charge in [-0.2, -0.15) is 0 Å². The number of nitrogens with zero attached hydrogens (tertiary/aromatic N) is 4. The second-order valence-corrected chi connectivity index (χ2v) is 8.32. The van der Waals surface area contributed by atoms with E-state index in [-0.39, 0.29) is 5.91 Å². The molecule has 0 aromatic carbocycles. The molecule has 1 aliphatic heterocycles. The number of guanidine groups is 1. The standard InChI is InChI=1S/C17H29N5O4S/c1-4-22(27(3,24)25)9-6-8-19-17(18-2)21-12-10-20(11-13-21)16(23)15-7-5-14-26-15/h5,7,14H,4,6,8-13H2,1-3H3,(H,18,19). The highest BCUT2D eigenvalue weighted by Crippen LogP contribution is 2.09. The normalized spacial score (nSPS) is 16.1. The molecule has 0 spiro atoms. The number of aliphatic imine (C=N–C) groups is 1. The van der Waals surface area contributed by atoms with Gasteiger partial charge in [-0.3, -0.25) is 9.79 Å². The molecule has 152 valence electrons. The van der Waals surface area contributed by atoms with Crippen molar-refractivity contribution in [3.05, 3.63) is 24.2 Å². The molecule has 1 N–H and O–H groups in total. The first-order chi connectivity index (χ1) is 12.9. The molecule has 2 heterocycles. The number of carbonyl (C=O) groups is 1. The van der Waals surface area contributed by atoms with Crippen molar-refractivity contribution in [3.63, 3.8) is 0 Å². The lowest BCUT2D eigenvalue weighted by atomic mass is 10.3. The third-order valence-corrected chi connectivity index (χ3v) is 5.88. The van der Waals surface area contributed by atoms with Crippen molar-refractivity contribution >= 4 is 21.9 Å². The first-order valence-corrected chi connectivity index (χ1v) is 10.9. The number of carbonyl (C=O) groups excluding carboxylic acids is 1. The fourth-order valence-corrected chi connectivity index (χ4v) is 3.95. The predicted octanol–water partition coefficient (Wildman–Crippen LogP) is 0.284. The first kappa shape index (κ1) is 21.2. The van der Waals surface area contributed by atoms with Crippen molar-refractivity contribution in [2.24, 2.45) is 4.99 Å². The molecule has 27 heavy (non-hydrogen) atoms. The van der Waals surface area contributed by atoms with Gasteiger partial charge in [-0.25, -0.2) is 12.7 Å². The number of furan rings is 1. The van der Waals surface area contributed by atoms with Crippen LogP contribution >= 0.6 is 0 Å². The van der Waals surface area contributed by atoms with Crippen LogP contribution in [0.15, 0.2) is 27.8 Å². The van der Waals surface area contributed by atoms with E-state index in [1.807, 2.05) is 6.92 Å². The summed E-state index contributed by atoms with van der Waals surface area (Å²) in [6, 6.07) is 3.38. The lowest BCUT2D eigenvalue weighted by molar-refractivity contribution is 0.0657. The topological polar surface area (TPSA) is 98.5 Å². The van der Waals surface area contributed by atoms with Crippen molar-refractivity contribution in [3.8, 4) is 0 Å². The van der Waals surface area contributed by atoms with Crippen LogP contribution in [0.2, 0.25) is 0 Å². The lowest BCUT2D eigenvalue weighted by Crippen LogP contribution is -2.54. The van der Waals surface area contributed by atoms with E-state index in [1.54, 1.807) is 24.1 Å². The van der Waals surface area contributed by atoms with Crippen LogP contribution in [-0.2, 0) is 10.0 Å². The van der Waals surface area contributed by atoms with Crippen molar-refractivity contribution in [2.75, 3.05) is 59.1 Å². The van der Waals surface area contributed by atoms with Gasteiger partial charge in [0.25, 0.3) is 5.91 Å². The van der Waals surface area contributed by atoms with Crippen LogP contribution in [0.5, 0.6) is 0 Å². The minimum atomic E-state index is -3.15. The molecule has 0 bridgehead atoms. The monoisotopic (exact) mass is 399 g/mol. The fourth-order valence-electron chi connectivity index (χ4n) is 3.02. The quantitative estimate of drug-likeness (QED) is 0.402. The van der Waals surface area contributed by atoms with E-state index in [4.69, 9.17) is 4.42 Å². The zero-order chi connectivity index (χ0) is 19.9. The second-order valence-electron chi connectivity index (χ2n) is 6.34. The third kappa shape index (κ3) is 5.96. The number of sulfonamides is 1. The number of hydrogen-bond donors (Lipinski definition) is 1. The SMILES string of the molecule is CCN(CCCNC(=NC)N1CCN(C(=O)c2ccco2)CC1)S(C)(=O)=O. The molecule has 1 aromatic heterocycles. The van der Waals surface area contributed by atoms with Crippen molar-refractivity contribution in [1.29, 1.82) is 0 Å². The Kier molecular flexibility index (Phi) is 7.66. The van der Waals surface area contributed by atoms with E-state index < -0.39 is 10.0 Å². The van der Waals surface area contributed by atoms with E-state index in [2.05, 4.69) is 15.2 Å². The number of amides is 1. The Morgan fingerprint density at radius 1 is 1.30 bits per heavy atom. The molecule has 1 fully saturated rings. The predicted molar refractivity (Wildman–Crippen MR) is 104 cm³/mol. The summed E-state index contributed by atoms with van der Waals surface area (Å²) in [7, 11) is -1.44. The highest BCUT2D eigenvalue weighted by Gasteiger charge is 2.25. The Bertz CT molecular complexity index is 725. The molecule has 1 saturated heterocycles. The summed E-state index contributed by atoms with van der Waals surface area (Å²) in [6.07, 6.45) is 3.42. The Balaban J connectivity index is 1.76. The highest BCUT2D eigenvalue weighted by molar-refractivity contribution is 7.88. The number of nitrogens with one attached hydrogen (secondary N) is 1. The molecule has 0 aliphatic carbocycles. The van der Waals surface area contributed by atoms with E-state index in [9.17, 15) is 13.2 Å². The molecule has 0 saturated carbocycles. The third-order valence-electron chi connectivity index (χ3n) is 4.50. The van der Waals surface area contributed by atoms with Crippen molar-refractivity contribution < 1.29 is 17.6 Å². The van der Waals surface area contributed by atoms with Crippen LogP contribution < -0.4 is 5.32 Å². The summed E-state index contributed by atoms with van der Waals surface area (Å²) < 4.78 is 29.8. The fraction of sp³-hybridized carbons (Fsp3) is 0.647. The zero-order valence-electron chi connectivity index (χ0n) is 16.2. The molecule has 1 aromatic rings. The first-order valence-electron chi connectivity index (χ1n) is 9.10. The van der Waals surface area contributed by atoms with Crippen LogP contribution in [0.25, 0.3) is 0 Å². The molecule has 1 amide bonds. The highest BCUT2D eigenvalue weighted by atomic mass is 32.2. The Labute approximate surface area is 161 Å². The molecule has 10 heteroatoms. The molecule has 0 unspecified atom stereocenters. The van der Waals surface area contributed by atoms with Gasteiger partial charge in [0.15, 0.2) is 11.7 Å². The van der Waals surface area contributed by atoms with Gasteiger partial charge in [-0.15, -0.1) is 0 Å². The van der Waals surface area contributed by atoms with Gasteiger partial charge in [-0.1, -0.05) is 6.92 Å². The summed E-state index contributed by atoms with van der Waals surface area (Å²) in [5.41, 5.74) is 0. The van der Waals surface area contributed by atoms with Gasteiger partial charge in [0.05, 0.1) is 12.5 Å². The zero-order valence-corrected chi connectivity index (χ0v) is 17.0. The van der Waals surface area contributed by atoms with Crippen LogP contribution in [-0.4, -0.2) is 93.5 Å². The van der Waals surface area contributed by atoms with Crippen molar-refractivity contribution in [2.45, 2.75) is 13.3 Å². The van der Waals surface area contributed by atoms with E-state index in [0.29, 0.717) is 58.0 Å². The minimum absolute atomic E-state index is 0.0944. The summed E-state index contributed by atoms with van der Waals surface area (Å²) in [4.78, 5) is 20.5. The van der Waals surface area contributed by atoms with E-state index in [1.165, 1.54) is 16.8 Å². The van der Waals surface area contributed by atoms with Gasteiger partial charge < -0.3 is 19.5 Å². The summed E-state index contributed by atoms with van der Waals surface area (Å²) >= 11 is 0. The molecule has 9 nitrogen and oxygen atoms in total. The number of rotatable bonds is 7. The molecule has 2 rings (SSSR count). The second kappa shape index (κ2) is 9.75. The number of hydrogen-bond acceptors (Lipinski definition) is 5. The average Bonchev–Trinajstić information content (AvgIpc) is 3.18. The van der Waals surface area contributed by atoms with Crippen LogP contribution in [0.3, 0.4) is 0 Å². The van der Waals surface area contributed by atoms with Crippen LogP contribution in [0.1, 0.15) is 23.9 Å². The van der Waals surface area contributed by atoms with E-state index in [0.717, 1.165) is 5.96 Å². The summed E-state index contributed by atoms with van der Waals surface area (Å²) in [6.45, 7) is 5.95. The van der Waals surface area contributed by atoms with Crippen molar-refractivity contribution in [1.82, 2.24) is 19.4 Å².